The molecule has 0 bridgehead atoms. The van der Waals surface area contributed by atoms with Crippen LogP contribution in [-0.2, 0) is 5.88 Å². The second-order valence-corrected chi connectivity index (χ2v) is 6.53. The molecular formula is C20H15Cl3O2. The maximum Gasteiger partial charge on any atom is 0.130 e. The minimum absolute atomic E-state index is 0.415. The quantitative estimate of drug-likeness (QED) is 0.427. The van der Waals surface area contributed by atoms with Crippen molar-refractivity contribution in [1.82, 2.24) is 0 Å². The van der Waals surface area contributed by atoms with Gasteiger partial charge in [0.05, 0.1) is 13.0 Å². The summed E-state index contributed by atoms with van der Waals surface area (Å²) < 4.78 is 11.2. The lowest BCUT2D eigenvalue weighted by molar-refractivity contribution is 0.411. The predicted octanol–water partition coefficient (Wildman–Crippen LogP) is 7.20. The van der Waals surface area contributed by atoms with Crippen LogP contribution in [0.15, 0.2) is 60.7 Å². The Morgan fingerprint density at radius 1 is 0.760 bits per heavy atom. The molecular weight excluding hydrogens is 379 g/mol. The standard InChI is InChI=1S/C20H15Cl3O2/c1-24-20-8-14(2-3-15(20)12-21)13-4-6-18(7-5-13)25-19-10-16(22)9-17(23)11-19/h2-11H,12H2,1H3. The van der Waals surface area contributed by atoms with E-state index >= 15 is 0 Å². The van der Waals surface area contributed by atoms with Gasteiger partial charge in [-0.2, -0.15) is 0 Å². The summed E-state index contributed by atoms with van der Waals surface area (Å²) in [6.45, 7) is 0. The minimum atomic E-state index is 0.415. The molecule has 0 atom stereocenters. The maximum atomic E-state index is 5.99. The topological polar surface area (TPSA) is 18.5 Å². The van der Waals surface area contributed by atoms with Crippen LogP contribution in [0, 0.1) is 0 Å². The second kappa shape index (κ2) is 8.01. The van der Waals surface area contributed by atoms with Crippen molar-refractivity contribution in [2.75, 3.05) is 7.11 Å². The van der Waals surface area contributed by atoms with Crippen LogP contribution in [0.3, 0.4) is 0 Å². The van der Waals surface area contributed by atoms with E-state index in [4.69, 9.17) is 44.3 Å². The number of hydrogen-bond acceptors (Lipinski definition) is 2. The van der Waals surface area contributed by atoms with E-state index < -0.39 is 0 Å². The number of alkyl halides is 1. The van der Waals surface area contributed by atoms with E-state index in [1.807, 2.05) is 42.5 Å². The molecule has 3 aromatic rings. The molecule has 2 nitrogen and oxygen atoms in total. The summed E-state index contributed by atoms with van der Waals surface area (Å²) in [7, 11) is 1.64. The molecule has 25 heavy (non-hydrogen) atoms. The molecule has 0 saturated carbocycles. The molecule has 0 unspecified atom stereocenters. The molecule has 0 radical (unpaired) electrons. The highest BCUT2D eigenvalue weighted by Crippen LogP contribution is 2.32. The molecule has 0 amide bonds. The lowest BCUT2D eigenvalue weighted by atomic mass is 10.0. The summed E-state index contributed by atoms with van der Waals surface area (Å²) in [6.07, 6.45) is 0. The summed E-state index contributed by atoms with van der Waals surface area (Å²) in [4.78, 5) is 0. The minimum Gasteiger partial charge on any atom is -0.496 e. The first kappa shape index (κ1) is 17.9. The zero-order valence-corrected chi connectivity index (χ0v) is 15.7. The van der Waals surface area contributed by atoms with Gasteiger partial charge in [-0.1, -0.05) is 47.5 Å². The molecule has 5 heteroatoms. The second-order valence-electron chi connectivity index (χ2n) is 5.39. The lowest BCUT2D eigenvalue weighted by Crippen LogP contribution is -1.90. The SMILES string of the molecule is COc1cc(-c2ccc(Oc3cc(Cl)cc(Cl)c3)cc2)ccc1CCl. The van der Waals surface area contributed by atoms with Gasteiger partial charge in [-0.15, -0.1) is 11.6 Å². The lowest BCUT2D eigenvalue weighted by Gasteiger charge is -2.10. The molecule has 0 aliphatic carbocycles. The van der Waals surface area contributed by atoms with E-state index in [-0.39, 0.29) is 0 Å². The first-order valence-corrected chi connectivity index (χ1v) is 8.85. The number of methoxy groups -OCH3 is 1. The Morgan fingerprint density at radius 2 is 1.40 bits per heavy atom. The smallest absolute Gasteiger partial charge is 0.130 e. The zero-order chi connectivity index (χ0) is 17.8. The molecule has 0 aliphatic heterocycles. The van der Waals surface area contributed by atoms with Crippen molar-refractivity contribution in [3.8, 4) is 28.4 Å². The first-order valence-electron chi connectivity index (χ1n) is 7.56. The Hall–Kier alpha value is -1.87. The van der Waals surface area contributed by atoms with Gasteiger partial charge in [0.25, 0.3) is 0 Å². The third-order valence-electron chi connectivity index (χ3n) is 3.69. The third kappa shape index (κ3) is 4.40. The van der Waals surface area contributed by atoms with E-state index in [2.05, 4.69) is 0 Å². The summed E-state index contributed by atoms with van der Waals surface area (Å²) >= 11 is 17.9. The van der Waals surface area contributed by atoms with E-state index in [1.165, 1.54) is 0 Å². The Labute approximate surface area is 161 Å². The predicted molar refractivity (Wildman–Crippen MR) is 105 cm³/mol. The van der Waals surface area contributed by atoms with Gasteiger partial charge in [0, 0.05) is 15.6 Å². The van der Waals surface area contributed by atoms with Gasteiger partial charge in [-0.3, -0.25) is 0 Å². The zero-order valence-electron chi connectivity index (χ0n) is 13.4. The van der Waals surface area contributed by atoms with Crippen LogP contribution in [0.25, 0.3) is 11.1 Å². The van der Waals surface area contributed by atoms with E-state index in [0.29, 0.717) is 27.4 Å². The monoisotopic (exact) mass is 392 g/mol. The molecule has 0 N–H and O–H groups in total. The molecule has 0 spiro atoms. The summed E-state index contributed by atoms with van der Waals surface area (Å²) in [5.74, 6) is 2.49. The Morgan fingerprint density at radius 3 is 2.00 bits per heavy atom. The maximum absolute atomic E-state index is 5.99. The normalized spacial score (nSPS) is 10.6. The van der Waals surface area contributed by atoms with Gasteiger partial charge < -0.3 is 9.47 Å². The number of hydrogen-bond donors (Lipinski definition) is 0. The fraction of sp³-hybridized carbons (Fsp3) is 0.100. The van der Waals surface area contributed by atoms with Crippen LogP contribution in [0.4, 0.5) is 0 Å². The van der Waals surface area contributed by atoms with Crippen LogP contribution < -0.4 is 9.47 Å². The van der Waals surface area contributed by atoms with Gasteiger partial charge in [-0.05, 0) is 47.5 Å². The van der Waals surface area contributed by atoms with Crippen molar-refractivity contribution < 1.29 is 9.47 Å². The highest BCUT2D eigenvalue weighted by Gasteiger charge is 2.06. The van der Waals surface area contributed by atoms with Crippen LogP contribution in [-0.4, -0.2) is 7.11 Å². The molecule has 0 saturated heterocycles. The highest BCUT2D eigenvalue weighted by molar-refractivity contribution is 6.34. The fourth-order valence-electron chi connectivity index (χ4n) is 2.47. The van der Waals surface area contributed by atoms with Gasteiger partial charge in [0.15, 0.2) is 0 Å². The van der Waals surface area contributed by atoms with Crippen molar-refractivity contribution in [1.29, 1.82) is 0 Å². The molecule has 0 aliphatic rings. The van der Waals surface area contributed by atoms with E-state index in [1.54, 1.807) is 25.3 Å². The third-order valence-corrected chi connectivity index (χ3v) is 4.41. The van der Waals surface area contributed by atoms with Crippen molar-refractivity contribution in [2.45, 2.75) is 5.88 Å². The number of halogens is 3. The van der Waals surface area contributed by atoms with Crippen LogP contribution in [0.2, 0.25) is 10.0 Å². The Kier molecular flexibility index (Phi) is 5.74. The largest absolute Gasteiger partial charge is 0.496 e. The van der Waals surface area contributed by atoms with E-state index in [9.17, 15) is 0 Å². The molecule has 3 aromatic carbocycles. The van der Waals surface area contributed by atoms with Gasteiger partial charge >= 0.3 is 0 Å². The molecule has 0 heterocycles. The molecule has 128 valence electrons. The summed E-state index contributed by atoms with van der Waals surface area (Å²) in [6, 6.07) is 18.8. The average Bonchev–Trinajstić information content (AvgIpc) is 2.61. The molecule has 0 aromatic heterocycles. The van der Waals surface area contributed by atoms with Crippen LogP contribution >= 0.6 is 34.8 Å². The fourth-order valence-corrected chi connectivity index (χ4v) is 3.20. The number of ether oxygens (including phenoxy) is 2. The van der Waals surface area contributed by atoms with Gasteiger partial charge in [0.1, 0.15) is 17.2 Å². The summed E-state index contributed by atoms with van der Waals surface area (Å²) in [5, 5.41) is 1.07. The van der Waals surface area contributed by atoms with Crippen molar-refractivity contribution >= 4 is 34.8 Å². The van der Waals surface area contributed by atoms with Crippen molar-refractivity contribution in [3.05, 3.63) is 76.3 Å². The number of benzene rings is 3. The molecule has 3 rings (SSSR count). The van der Waals surface area contributed by atoms with Gasteiger partial charge in [0.2, 0.25) is 0 Å². The first-order chi connectivity index (χ1) is 12.1. The van der Waals surface area contributed by atoms with E-state index in [0.717, 1.165) is 22.4 Å². The van der Waals surface area contributed by atoms with Crippen molar-refractivity contribution in [3.63, 3.8) is 0 Å². The van der Waals surface area contributed by atoms with Gasteiger partial charge in [-0.25, -0.2) is 0 Å². The van der Waals surface area contributed by atoms with Crippen molar-refractivity contribution in [2.24, 2.45) is 0 Å². The number of rotatable bonds is 5. The Bertz CT molecular complexity index is 856. The van der Waals surface area contributed by atoms with Crippen LogP contribution in [0.5, 0.6) is 17.2 Å². The highest BCUT2D eigenvalue weighted by atomic mass is 35.5. The summed E-state index contributed by atoms with van der Waals surface area (Å²) in [5.41, 5.74) is 3.06. The Balaban J connectivity index is 1.82. The molecule has 0 fully saturated rings. The average molecular weight is 394 g/mol. The van der Waals surface area contributed by atoms with Crippen LogP contribution in [0.1, 0.15) is 5.56 Å².